The molecule has 1 aliphatic heterocycles. The fourth-order valence-corrected chi connectivity index (χ4v) is 3.37. The fraction of sp³-hybridized carbons (Fsp3) is 0.579. The highest BCUT2D eigenvalue weighted by Crippen LogP contribution is 2.26. The average molecular weight is 317 g/mol. The molecule has 0 bridgehead atoms. The largest absolute Gasteiger partial charge is 0.395 e. The van der Waals surface area contributed by atoms with Crippen molar-refractivity contribution in [2.75, 3.05) is 51.8 Å². The number of hydrogen-bond donors (Lipinski definition) is 1. The second-order valence-electron chi connectivity index (χ2n) is 6.52. The van der Waals surface area contributed by atoms with Gasteiger partial charge in [-0.3, -0.25) is 4.90 Å². The Labute approximate surface area is 141 Å². The fourth-order valence-electron chi connectivity index (χ4n) is 3.37. The van der Waals surface area contributed by atoms with E-state index in [1.165, 1.54) is 37.2 Å². The standard InChI is InChI=1S/C19H31N3O/c1-4-11-22(14-15-23)16-17-7-5-6-8-19(17)21(3)18-9-12-20(2)13-10-18/h4-8,18,23H,1,9-16H2,2-3H3. The lowest BCUT2D eigenvalue weighted by Gasteiger charge is -2.37. The van der Waals surface area contributed by atoms with Crippen LogP contribution >= 0.6 is 0 Å². The molecule has 1 aliphatic rings. The van der Waals surface area contributed by atoms with Crippen molar-refractivity contribution >= 4 is 5.69 Å². The maximum Gasteiger partial charge on any atom is 0.0558 e. The lowest BCUT2D eigenvalue weighted by Crippen LogP contribution is -2.42. The first-order valence-corrected chi connectivity index (χ1v) is 8.59. The van der Waals surface area contributed by atoms with E-state index in [1.807, 2.05) is 6.08 Å². The van der Waals surface area contributed by atoms with E-state index in [0.717, 1.165) is 13.1 Å². The molecule has 1 fully saturated rings. The molecule has 0 spiro atoms. The van der Waals surface area contributed by atoms with Gasteiger partial charge >= 0.3 is 0 Å². The zero-order valence-electron chi connectivity index (χ0n) is 14.6. The van der Waals surface area contributed by atoms with Crippen molar-refractivity contribution in [1.29, 1.82) is 0 Å². The quantitative estimate of drug-likeness (QED) is 0.745. The molecule has 128 valence electrons. The number of piperidine rings is 1. The number of anilines is 1. The Morgan fingerprint density at radius 2 is 2.00 bits per heavy atom. The topological polar surface area (TPSA) is 30.0 Å². The number of benzene rings is 1. The van der Waals surface area contributed by atoms with Crippen LogP contribution in [0.4, 0.5) is 5.69 Å². The van der Waals surface area contributed by atoms with Crippen LogP contribution in [0.1, 0.15) is 18.4 Å². The molecule has 0 aliphatic carbocycles. The van der Waals surface area contributed by atoms with Crippen molar-refractivity contribution in [1.82, 2.24) is 9.80 Å². The Morgan fingerprint density at radius 3 is 2.65 bits per heavy atom. The van der Waals surface area contributed by atoms with Gasteiger partial charge in [0.15, 0.2) is 0 Å². The molecule has 2 rings (SSSR count). The zero-order chi connectivity index (χ0) is 16.7. The molecule has 1 saturated heterocycles. The van der Waals surface area contributed by atoms with Gasteiger partial charge in [0.2, 0.25) is 0 Å². The van der Waals surface area contributed by atoms with Crippen LogP contribution in [-0.2, 0) is 6.54 Å². The van der Waals surface area contributed by atoms with Gasteiger partial charge in [-0.05, 0) is 44.6 Å². The van der Waals surface area contributed by atoms with E-state index in [0.29, 0.717) is 12.6 Å². The summed E-state index contributed by atoms with van der Waals surface area (Å²) in [5, 5.41) is 9.26. The Balaban J connectivity index is 2.11. The van der Waals surface area contributed by atoms with Gasteiger partial charge < -0.3 is 14.9 Å². The van der Waals surface area contributed by atoms with Gasteiger partial charge in [0, 0.05) is 38.4 Å². The second-order valence-corrected chi connectivity index (χ2v) is 6.52. The third-order valence-corrected chi connectivity index (χ3v) is 4.80. The molecule has 4 nitrogen and oxygen atoms in total. The highest BCUT2D eigenvalue weighted by Gasteiger charge is 2.22. The summed E-state index contributed by atoms with van der Waals surface area (Å²) in [4.78, 5) is 7.09. The number of hydrogen-bond acceptors (Lipinski definition) is 4. The van der Waals surface area contributed by atoms with Crippen LogP contribution in [0.5, 0.6) is 0 Å². The van der Waals surface area contributed by atoms with Gasteiger partial charge in [0.25, 0.3) is 0 Å². The molecule has 23 heavy (non-hydrogen) atoms. The van der Waals surface area contributed by atoms with Crippen molar-refractivity contribution in [3.8, 4) is 0 Å². The summed E-state index contributed by atoms with van der Waals surface area (Å²) < 4.78 is 0. The molecule has 0 radical (unpaired) electrons. The summed E-state index contributed by atoms with van der Waals surface area (Å²) in [6.45, 7) is 8.67. The Kier molecular flexibility index (Phi) is 7.09. The van der Waals surface area contributed by atoms with Crippen molar-refractivity contribution in [3.63, 3.8) is 0 Å². The lowest BCUT2D eigenvalue weighted by atomic mass is 10.0. The van der Waals surface area contributed by atoms with Gasteiger partial charge in [-0.1, -0.05) is 24.3 Å². The average Bonchev–Trinajstić information content (AvgIpc) is 2.56. The summed E-state index contributed by atoms with van der Waals surface area (Å²) in [7, 11) is 4.42. The monoisotopic (exact) mass is 317 g/mol. The summed E-state index contributed by atoms with van der Waals surface area (Å²) in [6, 6.07) is 9.26. The predicted octanol–water partition coefficient (Wildman–Crippen LogP) is 2.20. The van der Waals surface area contributed by atoms with Crippen LogP contribution in [0.25, 0.3) is 0 Å². The van der Waals surface area contributed by atoms with E-state index < -0.39 is 0 Å². The minimum absolute atomic E-state index is 0.181. The van der Waals surface area contributed by atoms with E-state index in [9.17, 15) is 5.11 Å². The third-order valence-electron chi connectivity index (χ3n) is 4.80. The lowest BCUT2D eigenvalue weighted by molar-refractivity contribution is 0.203. The number of aliphatic hydroxyl groups excluding tert-OH is 1. The van der Waals surface area contributed by atoms with E-state index >= 15 is 0 Å². The molecule has 0 atom stereocenters. The minimum atomic E-state index is 0.181. The molecule has 1 heterocycles. The molecule has 1 aromatic rings. The molecule has 0 amide bonds. The van der Waals surface area contributed by atoms with E-state index in [2.05, 4.69) is 59.6 Å². The van der Waals surface area contributed by atoms with Crippen molar-refractivity contribution in [2.45, 2.75) is 25.4 Å². The highest BCUT2D eigenvalue weighted by molar-refractivity contribution is 5.54. The van der Waals surface area contributed by atoms with Crippen LogP contribution in [0.3, 0.4) is 0 Å². The van der Waals surface area contributed by atoms with Gasteiger partial charge in [-0.2, -0.15) is 0 Å². The van der Waals surface area contributed by atoms with Crippen LogP contribution in [-0.4, -0.2) is 67.8 Å². The smallest absolute Gasteiger partial charge is 0.0558 e. The first-order chi connectivity index (χ1) is 11.2. The van der Waals surface area contributed by atoms with Crippen LogP contribution < -0.4 is 4.90 Å². The summed E-state index contributed by atoms with van der Waals surface area (Å²) >= 11 is 0. The first-order valence-electron chi connectivity index (χ1n) is 8.59. The molecule has 4 heteroatoms. The van der Waals surface area contributed by atoms with Crippen molar-refractivity contribution in [3.05, 3.63) is 42.5 Å². The van der Waals surface area contributed by atoms with E-state index in [-0.39, 0.29) is 6.61 Å². The van der Waals surface area contributed by atoms with Crippen molar-refractivity contribution in [2.24, 2.45) is 0 Å². The predicted molar refractivity (Wildman–Crippen MR) is 97.9 cm³/mol. The van der Waals surface area contributed by atoms with Gasteiger partial charge in [0.05, 0.1) is 6.61 Å². The van der Waals surface area contributed by atoms with Gasteiger partial charge in [-0.15, -0.1) is 6.58 Å². The number of para-hydroxylation sites is 1. The van der Waals surface area contributed by atoms with Crippen LogP contribution in [0.15, 0.2) is 36.9 Å². The Morgan fingerprint density at radius 1 is 1.30 bits per heavy atom. The zero-order valence-corrected chi connectivity index (χ0v) is 14.6. The number of aliphatic hydroxyl groups is 1. The van der Waals surface area contributed by atoms with Crippen LogP contribution in [0.2, 0.25) is 0 Å². The molecule has 1 aromatic carbocycles. The summed E-state index contributed by atoms with van der Waals surface area (Å²) in [5.74, 6) is 0. The molecule has 0 saturated carbocycles. The summed E-state index contributed by atoms with van der Waals surface area (Å²) in [6.07, 6.45) is 4.33. The Bertz CT molecular complexity index is 483. The number of nitrogens with zero attached hydrogens (tertiary/aromatic N) is 3. The maximum atomic E-state index is 9.26. The molecule has 1 N–H and O–H groups in total. The molecular formula is C19H31N3O. The third kappa shape index (κ3) is 5.06. The number of likely N-dealkylation sites (tertiary alicyclic amines) is 1. The van der Waals surface area contributed by atoms with E-state index in [4.69, 9.17) is 0 Å². The molecular weight excluding hydrogens is 286 g/mol. The maximum absolute atomic E-state index is 9.26. The Hall–Kier alpha value is -1.36. The molecule has 0 aromatic heterocycles. The molecule has 0 unspecified atom stereocenters. The first kappa shape index (κ1) is 18.0. The summed E-state index contributed by atoms with van der Waals surface area (Å²) in [5.41, 5.74) is 2.64. The minimum Gasteiger partial charge on any atom is -0.395 e. The SMILES string of the molecule is C=CCN(CCO)Cc1ccccc1N(C)C1CCN(C)CC1. The van der Waals surface area contributed by atoms with Gasteiger partial charge in [0.1, 0.15) is 0 Å². The van der Waals surface area contributed by atoms with E-state index in [1.54, 1.807) is 0 Å². The van der Waals surface area contributed by atoms with Gasteiger partial charge in [-0.25, -0.2) is 0 Å². The second kappa shape index (κ2) is 9.06. The van der Waals surface area contributed by atoms with Crippen molar-refractivity contribution < 1.29 is 5.11 Å². The highest BCUT2D eigenvalue weighted by atomic mass is 16.3. The normalized spacial score (nSPS) is 16.7. The van der Waals surface area contributed by atoms with Crippen LogP contribution in [0, 0.1) is 0 Å². The number of rotatable bonds is 8.